The molecule has 0 spiro atoms. The average Bonchev–Trinajstić information content (AvgIpc) is 3.02. The zero-order chi connectivity index (χ0) is 13.7. The van der Waals surface area contributed by atoms with Gasteiger partial charge in [0.25, 0.3) is 0 Å². The van der Waals surface area contributed by atoms with Gasteiger partial charge in [0.15, 0.2) is 5.82 Å². The summed E-state index contributed by atoms with van der Waals surface area (Å²) in [4.78, 5) is 4.31. The molecule has 9 heteroatoms. The van der Waals surface area contributed by atoms with Crippen LogP contribution in [0.3, 0.4) is 0 Å². The number of hydrogen-bond donors (Lipinski definition) is 1. The highest BCUT2D eigenvalue weighted by atomic mass is 32.2. The molecule has 104 valence electrons. The number of hydrogen-bond acceptors (Lipinski definition) is 8. The van der Waals surface area contributed by atoms with E-state index in [4.69, 9.17) is 4.52 Å². The van der Waals surface area contributed by atoms with Crippen LogP contribution in [0, 0.1) is 0 Å². The second kappa shape index (κ2) is 6.62. The molecule has 8 nitrogen and oxygen atoms in total. The molecule has 0 amide bonds. The molecule has 0 aliphatic rings. The second-order valence-electron chi connectivity index (χ2n) is 4.28. The predicted molar refractivity (Wildman–Crippen MR) is 69.7 cm³/mol. The molecule has 0 aliphatic carbocycles. The third kappa shape index (κ3) is 3.74. The van der Waals surface area contributed by atoms with Crippen LogP contribution < -0.4 is 5.32 Å². The van der Waals surface area contributed by atoms with E-state index < -0.39 is 0 Å². The number of tetrazole rings is 1. The van der Waals surface area contributed by atoms with Gasteiger partial charge in [-0.25, -0.2) is 4.68 Å². The Balaban J connectivity index is 1.92. The van der Waals surface area contributed by atoms with Crippen molar-refractivity contribution in [2.45, 2.75) is 37.2 Å². The van der Waals surface area contributed by atoms with Gasteiger partial charge in [0.1, 0.15) is 0 Å². The Kier molecular flexibility index (Phi) is 4.86. The summed E-state index contributed by atoms with van der Waals surface area (Å²) in [5.74, 6) is 2.16. The number of nitrogens with one attached hydrogen (secondary N) is 1. The molecule has 0 aliphatic heterocycles. The van der Waals surface area contributed by atoms with Crippen molar-refractivity contribution in [2.75, 3.05) is 13.6 Å². The van der Waals surface area contributed by atoms with Gasteiger partial charge in [0.05, 0.1) is 12.3 Å². The molecule has 0 saturated carbocycles. The Morgan fingerprint density at radius 2 is 2.26 bits per heavy atom. The SMILES string of the molecule is CNCCn1nnnc1SCc1noc(C(C)C)n1. The highest BCUT2D eigenvalue weighted by Crippen LogP contribution is 2.19. The Labute approximate surface area is 115 Å². The van der Waals surface area contributed by atoms with Gasteiger partial charge in [-0.15, -0.1) is 5.10 Å². The third-order valence-electron chi connectivity index (χ3n) is 2.38. The predicted octanol–water partition coefficient (Wildman–Crippen LogP) is 0.691. The van der Waals surface area contributed by atoms with E-state index in [1.165, 1.54) is 11.8 Å². The first-order valence-electron chi connectivity index (χ1n) is 6.06. The van der Waals surface area contributed by atoms with Crippen LogP contribution in [0.25, 0.3) is 0 Å². The molecule has 1 N–H and O–H groups in total. The van der Waals surface area contributed by atoms with E-state index >= 15 is 0 Å². The fraction of sp³-hybridized carbons (Fsp3) is 0.700. The van der Waals surface area contributed by atoms with Crippen LogP contribution in [-0.4, -0.2) is 43.9 Å². The molecule has 0 unspecified atom stereocenters. The summed E-state index contributed by atoms with van der Waals surface area (Å²) in [7, 11) is 1.89. The lowest BCUT2D eigenvalue weighted by Crippen LogP contribution is -2.16. The molecule has 2 aromatic rings. The van der Waals surface area contributed by atoms with E-state index in [1.54, 1.807) is 4.68 Å². The molecule has 0 atom stereocenters. The van der Waals surface area contributed by atoms with Crippen molar-refractivity contribution >= 4 is 11.8 Å². The van der Waals surface area contributed by atoms with Gasteiger partial charge < -0.3 is 9.84 Å². The maximum Gasteiger partial charge on any atom is 0.229 e. The molecular weight excluding hydrogens is 266 g/mol. The quantitative estimate of drug-likeness (QED) is 0.742. The van der Waals surface area contributed by atoms with Crippen LogP contribution >= 0.6 is 11.8 Å². The number of thioether (sulfide) groups is 1. The lowest BCUT2D eigenvalue weighted by molar-refractivity contribution is 0.362. The van der Waals surface area contributed by atoms with E-state index in [9.17, 15) is 0 Å². The third-order valence-corrected chi connectivity index (χ3v) is 3.33. The van der Waals surface area contributed by atoms with Crippen molar-refractivity contribution in [3.05, 3.63) is 11.7 Å². The number of nitrogens with zero attached hydrogens (tertiary/aromatic N) is 6. The van der Waals surface area contributed by atoms with Crippen molar-refractivity contribution < 1.29 is 4.52 Å². The fourth-order valence-corrected chi connectivity index (χ4v) is 2.09. The van der Waals surface area contributed by atoms with Gasteiger partial charge in [-0.1, -0.05) is 30.8 Å². The fourth-order valence-electron chi connectivity index (χ4n) is 1.35. The second-order valence-corrected chi connectivity index (χ2v) is 5.22. The Bertz CT molecular complexity index is 509. The van der Waals surface area contributed by atoms with E-state index in [1.807, 2.05) is 20.9 Å². The van der Waals surface area contributed by atoms with Gasteiger partial charge >= 0.3 is 0 Å². The Morgan fingerprint density at radius 3 is 2.95 bits per heavy atom. The summed E-state index contributed by atoms with van der Waals surface area (Å²) in [6.45, 7) is 5.58. The Morgan fingerprint density at radius 1 is 1.42 bits per heavy atom. The van der Waals surface area contributed by atoms with Gasteiger partial charge in [-0.05, 0) is 17.5 Å². The van der Waals surface area contributed by atoms with Crippen LogP contribution in [0.5, 0.6) is 0 Å². The van der Waals surface area contributed by atoms with E-state index in [0.717, 1.165) is 18.2 Å². The molecular formula is C10H17N7OS. The van der Waals surface area contributed by atoms with Crippen molar-refractivity contribution in [2.24, 2.45) is 0 Å². The number of aromatic nitrogens is 6. The zero-order valence-corrected chi connectivity index (χ0v) is 12.0. The number of rotatable bonds is 7. The minimum atomic E-state index is 0.243. The van der Waals surface area contributed by atoms with Crippen LogP contribution in [0.4, 0.5) is 0 Å². The summed E-state index contributed by atoms with van der Waals surface area (Å²) < 4.78 is 6.90. The van der Waals surface area contributed by atoms with Crippen molar-refractivity contribution in [1.82, 2.24) is 35.7 Å². The van der Waals surface area contributed by atoms with Crippen molar-refractivity contribution in [3.8, 4) is 0 Å². The summed E-state index contributed by atoms with van der Waals surface area (Å²) in [6, 6.07) is 0. The van der Waals surface area contributed by atoms with E-state index in [0.29, 0.717) is 17.5 Å². The van der Waals surface area contributed by atoms with E-state index in [2.05, 4.69) is 31.0 Å². The van der Waals surface area contributed by atoms with Gasteiger partial charge in [0, 0.05) is 12.5 Å². The topological polar surface area (TPSA) is 94.6 Å². The summed E-state index contributed by atoms with van der Waals surface area (Å²) in [5, 5.41) is 19.3. The first-order valence-corrected chi connectivity index (χ1v) is 7.05. The summed E-state index contributed by atoms with van der Waals surface area (Å²) in [6.07, 6.45) is 0. The standard InChI is InChI=1S/C10H17N7OS/c1-7(2)9-12-8(14-18-9)6-19-10-13-15-16-17(10)5-4-11-3/h7,11H,4-6H2,1-3H3. The average molecular weight is 283 g/mol. The molecule has 0 aromatic carbocycles. The summed E-state index contributed by atoms with van der Waals surface area (Å²) in [5.41, 5.74) is 0. The van der Waals surface area contributed by atoms with Crippen LogP contribution in [0.15, 0.2) is 9.68 Å². The highest BCUT2D eigenvalue weighted by molar-refractivity contribution is 7.98. The molecule has 2 aromatic heterocycles. The normalized spacial score (nSPS) is 11.4. The highest BCUT2D eigenvalue weighted by Gasteiger charge is 2.12. The minimum absolute atomic E-state index is 0.243. The monoisotopic (exact) mass is 283 g/mol. The molecule has 0 saturated heterocycles. The van der Waals surface area contributed by atoms with Crippen molar-refractivity contribution in [3.63, 3.8) is 0 Å². The Hall–Kier alpha value is -1.48. The van der Waals surface area contributed by atoms with Crippen LogP contribution in [0.2, 0.25) is 0 Å². The maximum absolute atomic E-state index is 5.15. The van der Waals surface area contributed by atoms with Gasteiger partial charge in [-0.2, -0.15) is 4.98 Å². The molecule has 2 heterocycles. The molecule has 2 rings (SSSR count). The molecule has 0 fully saturated rings. The maximum atomic E-state index is 5.15. The zero-order valence-electron chi connectivity index (χ0n) is 11.2. The van der Waals surface area contributed by atoms with Gasteiger partial charge in [-0.3, -0.25) is 0 Å². The summed E-state index contributed by atoms with van der Waals surface area (Å²) >= 11 is 1.50. The lowest BCUT2D eigenvalue weighted by Gasteiger charge is -2.01. The van der Waals surface area contributed by atoms with E-state index in [-0.39, 0.29) is 5.92 Å². The molecule has 19 heavy (non-hydrogen) atoms. The van der Waals surface area contributed by atoms with Gasteiger partial charge in [0.2, 0.25) is 11.0 Å². The molecule has 0 bridgehead atoms. The van der Waals surface area contributed by atoms with Crippen molar-refractivity contribution in [1.29, 1.82) is 0 Å². The van der Waals surface area contributed by atoms with Crippen LogP contribution in [0.1, 0.15) is 31.5 Å². The largest absolute Gasteiger partial charge is 0.339 e. The first-order chi connectivity index (χ1) is 9.20. The first kappa shape index (κ1) is 13.9. The minimum Gasteiger partial charge on any atom is -0.339 e. The number of likely N-dealkylation sites (N-methyl/N-ethyl adjacent to an activating group) is 1. The van der Waals surface area contributed by atoms with Crippen LogP contribution in [-0.2, 0) is 12.3 Å². The smallest absolute Gasteiger partial charge is 0.229 e. The molecule has 0 radical (unpaired) electrons. The lowest BCUT2D eigenvalue weighted by atomic mass is 10.2.